The molecule has 0 saturated carbocycles. The van der Waals surface area contributed by atoms with E-state index >= 15 is 0 Å². The molecule has 0 aromatic heterocycles. The lowest BCUT2D eigenvalue weighted by molar-refractivity contribution is -0.135. The van der Waals surface area contributed by atoms with E-state index in [9.17, 15) is 17.8 Å². The SMILES string of the molecule is CC1(c2ccccc2)OC(S(=O)(=O)O)N(Nc2ccccc2)C1=O. The molecule has 0 bridgehead atoms. The molecule has 0 aliphatic carbocycles. The summed E-state index contributed by atoms with van der Waals surface area (Å²) >= 11 is 0. The van der Waals surface area contributed by atoms with Gasteiger partial charge in [0.05, 0.1) is 5.69 Å². The molecule has 1 heterocycles. The summed E-state index contributed by atoms with van der Waals surface area (Å²) in [6.45, 7) is 1.47. The quantitative estimate of drug-likeness (QED) is 0.820. The Balaban J connectivity index is 2.01. The van der Waals surface area contributed by atoms with Crippen molar-refractivity contribution < 1.29 is 22.5 Å². The Labute approximate surface area is 139 Å². The number of nitrogens with one attached hydrogen (secondary N) is 1. The van der Waals surface area contributed by atoms with Crippen molar-refractivity contribution in [1.82, 2.24) is 5.01 Å². The largest absolute Gasteiger partial charge is 0.320 e. The number of hydrazine groups is 1. The van der Waals surface area contributed by atoms with Gasteiger partial charge in [0.2, 0.25) is 0 Å². The summed E-state index contributed by atoms with van der Waals surface area (Å²) < 4.78 is 38.3. The van der Waals surface area contributed by atoms with Crippen LogP contribution in [0.4, 0.5) is 5.69 Å². The van der Waals surface area contributed by atoms with Gasteiger partial charge in [0, 0.05) is 0 Å². The van der Waals surface area contributed by atoms with Gasteiger partial charge in [-0.1, -0.05) is 48.5 Å². The third-order valence-electron chi connectivity index (χ3n) is 3.78. The number of benzene rings is 2. The van der Waals surface area contributed by atoms with Crippen molar-refractivity contribution in [1.29, 1.82) is 0 Å². The molecular weight excluding hydrogens is 332 g/mol. The molecule has 2 aromatic carbocycles. The van der Waals surface area contributed by atoms with Crippen LogP contribution in [0.3, 0.4) is 0 Å². The van der Waals surface area contributed by atoms with Gasteiger partial charge in [-0.2, -0.15) is 8.42 Å². The van der Waals surface area contributed by atoms with Crippen LogP contribution in [0.2, 0.25) is 0 Å². The molecule has 2 atom stereocenters. The number of anilines is 1. The number of amides is 1. The lowest BCUT2D eigenvalue weighted by Gasteiger charge is -2.22. The molecule has 1 aliphatic rings. The third kappa shape index (κ3) is 2.86. The molecule has 2 N–H and O–H groups in total. The molecule has 1 saturated heterocycles. The van der Waals surface area contributed by atoms with Crippen LogP contribution in [0.25, 0.3) is 0 Å². The average molecular weight is 348 g/mol. The zero-order valence-corrected chi connectivity index (χ0v) is 13.6. The van der Waals surface area contributed by atoms with Gasteiger partial charge in [0.1, 0.15) is 0 Å². The lowest BCUT2D eigenvalue weighted by Crippen LogP contribution is -2.44. The molecular formula is C16H16N2O5S. The number of para-hydroxylation sites is 1. The fourth-order valence-electron chi connectivity index (χ4n) is 2.53. The van der Waals surface area contributed by atoms with Gasteiger partial charge >= 0.3 is 10.1 Å². The highest BCUT2D eigenvalue weighted by molar-refractivity contribution is 7.86. The molecule has 2 aromatic rings. The topological polar surface area (TPSA) is 95.9 Å². The van der Waals surface area contributed by atoms with Crippen LogP contribution in [0.1, 0.15) is 12.5 Å². The predicted molar refractivity (Wildman–Crippen MR) is 87.1 cm³/mol. The fourth-order valence-corrected chi connectivity index (χ4v) is 3.26. The summed E-state index contributed by atoms with van der Waals surface area (Å²) in [4.78, 5) is 12.9. The van der Waals surface area contributed by atoms with Crippen molar-refractivity contribution in [3.05, 3.63) is 66.2 Å². The Morgan fingerprint density at radius 2 is 1.62 bits per heavy atom. The Morgan fingerprint density at radius 1 is 1.08 bits per heavy atom. The van der Waals surface area contributed by atoms with Crippen LogP contribution in [0.15, 0.2) is 60.7 Å². The summed E-state index contributed by atoms with van der Waals surface area (Å²) in [5.41, 5.74) is 0.276. The minimum Gasteiger partial charge on any atom is -0.320 e. The zero-order chi connectivity index (χ0) is 17.4. The molecule has 7 nitrogen and oxygen atoms in total. The highest BCUT2D eigenvalue weighted by Crippen LogP contribution is 2.38. The van der Waals surface area contributed by atoms with Crippen molar-refractivity contribution >= 4 is 21.7 Å². The van der Waals surface area contributed by atoms with Crippen molar-refractivity contribution in [3.8, 4) is 0 Å². The van der Waals surface area contributed by atoms with E-state index in [-0.39, 0.29) is 0 Å². The maximum Gasteiger partial charge on any atom is 0.314 e. The summed E-state index contributed by atoms with van der Waals surface area (Å²) in [6.07, 6.45) is 0. The summed E-state index contributed by atoms with van der Waals surface area (Å²) in [6, 6.07) is 17.1. The molecule has 8 heteroatoms. The van der Waals surface area contributed by atoms with Crippen LogP contribution >= 0.6 is 0 Å². The van der Waals surface area contributed by atoms with Gasteiger partial charge < -0.3 is 4.74 Å². The molecule has 1 aliphatic heterocycles. The minimum atomic E-state index is -4.66. The van der Waals surface area contributed by atoms with Crippen LogP contribution in [-0.4, -0.2) is 29.4 Å². The van der Waals surface area contributed by atoms with Crippen LogP contribution in [0, 0.1) is 0 Å². The Hall–Kier alpha value is -2.42. The van der Waals surface area contributed by atoms with Gasteiger partial charge in [-0.3, -0.25) is 14.8 Å². The van der Waals surface area contributed by atoms with E-state index in [0.29, 0.717) is 11.3 Å². The summed E-state index contributed by atoms with van der Waals surface area (Å²) in [7, 11) is -4.66. The molecule has 0 radical (unpaired) electrons. The molecule has 1 fully saturated rings. The van der Waals surface area contributed by atoms with Crippen molar-refractivity contribution in [2.24, 2.45) is 0 Å². The predicted octanol–water partition coefficient (Wildman–Crippen LogP) is 1.96. The van der Waals surface area contributed by atoms with E-state index in [2.05, 4.69) is 5.43 Å². The standard InChI is InChI=1S/C16H16N2O5S/c1-16(12-8-4-2-5-9-12)14(19)18(15(23-16)24(20,21)22)17-13-10-6-3-7-11-13/h2-11,15,17H,1H3,(H,20,21,22). The van der Waals surface area contributed by atoms with Gasteiger partial charge in [0.15, 0.2) is 5.60 Å². The maximum atomic E-state index is 12.9. The van der Waals surface area contributed by atoms with Gasteiger partial charge in [0.25, 0.3) is 11.5 Å². The molecule has 1 amide bonds. The smallest absolute Gasteiger partial charge is 0.314 e. The second-order valence-corrected chi connectivity index (χ2v) is 6.93. The second-order valence-electron chi connectivity index (χ2n) is 5.49. The highest BCUT2D eigenvalue weighted by atomic mass is 32.2. The number of carbonyl (C=O) groups is 1. The first-order valence-corrected chi connectivity index (χ1v) is 8.68. The van der Waals surface area contributed by atoms with Gasteiger partial charge in [-0.15, -0.1) is 0 Å². The maximum absolute atomic E-state index is 12.9. The van der Waals surface area contributed by atoms with E-state index in [4.69, 9.17) is 4.74 Å². The number of nitrogens with zero attached hydrogens (tertiary/aromatic N) is 1. The van der Waals surface area contributed by atoms with Crippen LogP contribution < -0.4 is 5.43 Å². The molecule has 126 valence electrons. The highest BCUT2D eigenvalue weighted by Gasteiger charge is 2.55. The Morgan fingerprint density at radius 3 is 2.17 bits per heavy atom. The third-order valence-corrected chi connectivity index (χ3v) is 4.59. The van der Waals surface area contributed by atoms with E-state index in [1.807, 2.05) is 0 Å². The number of carbonyl (C=O) groups excluding carboxylic acids is 1. The van der Waals surface area contributed by atoms with E-state index in [1.165, 1.54) is 6.92 Å². The Bertz CT molecular complexity index is 841. The first-order valence-electron chi connectivity index (χ1n) is 7.17. The second kappa shape index (κ2) is 5.90. The number of ether oxygens (including phenoxy) is 1. The number of rotatable bonds is 4. The minimum absolute atomic E-state index is 0.486. The lowest BCUT2D eigenvalue weighted by atomic mass is 9.95. The van der Waals surface area contributed by atoms with E-state index < -0.39 is 27.2 Å². The van der Waals surface area contributed by atoms with Crippen LogP contribution in [0.5, 0.6) is 0 Å². The first kappa shape index (κ1) is 16.4. The summed E-state index contributed by atoms with van der Waals surface area (Å²) in [5.74, 6) is -0.625. The van der Waals surface area contributed by atoms with Crippen LogP contribution in [-0.2, 0) is 25.3 Å². The molecule has 2 unspecified atom stereocenters. The van der Waals surface area contributed by atoms with Gasteiger partial charge in [-0.25, -0.2) is 5.01 Å². The monoisotopic (exact) mass is 348 g/mol. The van der Waals surface area contributed by atoms with E-state index in [1.54, 1.807) is 60.7 Å². The Kier molecular flexibility index (Phi) is 4.04. The van der Waals surface area contributed by atoms with Crippen molar-refractivity contribution in [2.45, 2.75) is 18.1 Å². The molecule has 3 rings (SSSR count). The van der Waals surface area contributed by atoms with Crippen molar-refractivity contribution in [2.75, 3.05) is 5.43 Å². The number of hydrogen-bond donors (Lipinski definition) is 2. The molecule has 24 heavy (non-hydrogen) atoms. The fraction of sp³-hybridized carbons (Fsp3) is 0.188. The van der Waals surface area contributed by atoms with E-state index in [0.717, 1.165) is 5.01 Å². The summed E-state index contributed by atoms with van der Waals surface area (Å²) in [5, 5.41) is 0.789. The number of hydrogen-bond acceptors (Lipinski definition) is 5. The van der Waals surface area contributed by atoms with Gasteiger partial charge in [-0.05, 0) is 24.6 Å². The normalized spacial score (nSPS) is 24.2. The average Bonchev–Trinajstić information content (AvgIpc) is 2.83. The van der Waals surface area contributed by atoms with Crippen molar-refractivity contribution in [3.63, 3.8) is 0 Å². The molecule has 0 spiro atoms. The zero-order valence-electron chi connectivity index (χ0n) is 12.8. The first-order chi connectivity index (χ1) is 11.3.